The highest BCUT2D eigenvalue weighted by atomic mass is 19.4. The number of hydrogen-bond acceptors (Lipinski definition) is 3. The Balaban J connectivity index is 3.96. The van der Waals surface area contributed by atoms with Gasteiger partial charge in [0.2, 0.25) is 0 Å². The summed E-state index contributed by atoms with van der Waals surface area (Å²) in [5, 5.41) is 0. The van der Waals surface area contributed by atoms with Crippen LogP contribution in [-0.2, 0) is 9.47 Å². The molecule has 2 N–H and O–H groups in total. The molecule has 0 radical (unpaired) electrons. The largest absolute Gasteiger partial charge is 0.389 e. The molecule has 0 amide bonds. The highest BCUT2D eigenvalue weighted by molar-refractivity contribution is 4.68. The third-order valence-electron chi connectivity index (χ3n) is 1.77. The first-order valence-corrected chi connectivity index (χ1v) is 4.96. The van der Waals surface area contributed by atoms with Crippen LogP contribution in [0.3, 0.4) is 0 Å². The van der Waals surface area contributed by atoms with Crippen molar-refractivity contribution in [1.82, 2.24) is 0 Å². The van der Waals surface area contributed by atoms with Crippen LogP contribution in [0.4, 0.5) is 13.2 Å². The lowest BCUT2D eigenvalue weighted by molar-refractivity contribution is -0.163. The predicted octanol–water partition coefficient (Wildman–Crippen LogP) is 2.06. The van der Waals surface area contributed by atoms with Gasteiger partial charge in [0.05, 0.1) is 6.04 Å². The lowest BCUT2D eigenvalue weighted by Gasteiger charge is -2.23. The van der Waals surface area contributed by atoms with Crippen molar-refractivity contribution < 1.29 is 22.6 Å². The molecule has 1 unspecified atom stereocenters. The maximum atomic E-state index is 11.9. The molecule has 15 heavy (non-hydrogen) atoms. The first-order valence-electron chi connectivity index (χ1n) is 4.96. The van der Waals surface area contributed by atoms with Gasteiger partial charge in [0, 0.05) is 19.6 Å². The number of hydrogen-bond donors (Lipinski definition) is 1. The molecule has 0 saturated heterocycles. The van der Waals surface area contributed by atoms with Crippen molar-refractivity contribution in [1.29, 1.82) is 0 Å². The molecule has 0 saturated carbocycles. The van der Waals surface area contributed by atoms with Gasteiger partial charge in [-0.05, 0) is 20.3 Å². The van der Waals surface area contributed by atoms with Gasteiger partial charge < -0.3 is 15.2 Å². The minimum absolute atomic E-state index is 0.186. The summed E-state index contributed by atoms with van der Waals surface area (Å²) in [6.45, 7) is 4.21. The molecule has 0 aliphatic carbocycles. The Morgan fingerprint density at radius 1 is 1.13 bits per heavy atom. The summed E-state index contributed by atoms with van der Waals surface area (Å²) in [5.74, 6) is 0. The van der Waals surface area contributed by atoms with Crippen molar-refractivity contribution in [2.45, 2.75) is 45.2 Å². The summed E-state index contributed by atoms with van der Waals surface area (Å²) in [7, 11) is 0. The molecule has 0 aromatic heterocycles. The molecule has 0 rings (SSSR count). The molecule has 0 aromatic carbocycles. The Bertz CT molecular complexity index is 158. The lowest BCUT2D eigenvalue weighted by atomic mass is 10.1. The fraction of sp³-hybridized carbons (Fsp3) is 1.00. The van der Waals surface area contributed by atoms with Gasteiger partial charge in [0.25, 0.3) is 0 Å². The minimum atomic E-state index is -4.18. The van der Waals surface area contributed by atoms with Gasteiger partial charge in [-0.2, -0.15) is 13.2 Å². The SMILES string of the molecule is CCOC(OCC)C(N)CCC(F)(F)F. The van der Waals surface area contributed by atoms with Crippen molar-refractivity contribution in [3.63, 3.8) is 0 Å². The first kappa shape index (κ1) is 14.7. The normalized spacial score (nSPS) is 14.6. The van der Waals surface area contributed by atoms with Crippen molar-refractivity contribution in [2.24, 2.45) is 5.73 Å². The maximum Gasteiger partial charge on any atom is 0.389 e. The molecule has 0 aliphatic rings. The fourth-order valence-corrected chi connectivity index (χ4v) is 1.09. The van der Waals surface area contributed by atoms with Gasteiger partial charge in [0.15, 0.2) is 6.29 Å². The number of ether oxygens (including phenoxy) is 2. The van der Waals surface area contributed by atoms with E-state index in [1.165, 1.54) is 0 Å². The summed E-state index contributed by atoms with van der Waals surface area (Å²) in [6.07, 6.45) is -6.03. The summed E-state index contributed by atoms with van der Waals surface area (Å²) in [5.41, 5.74) is 5.55. The molecule has 0 aromatic rings. The van der Waals surface area contributed by atoms with Crippen LogP contribution < -0.4 is 5.73 Å². The fourth-order valence-electron chi connectivity index (χ4n) is 1.09. The van der Waals surface area contributed by atoms with E-state index in [0.717, 1.165) is 0 Å². The third-order valence-corrected chi connectivity index (χ3v) is 1.77. The second kappa shape index (κ2) is 7.03. The predicted molar refractivity (Wildman–Crippen MR) is 50.3 cm³/mol. The molecule has 0 aliphatic heterocycles. The smallest absolute Gasteiger partial charge is 0.351 e. The van der Waals surface area contributed by atoms with Crippen molar-refractivity contribution in [2.75, 3.05) is 13.2 Å². The van der Waals surface area contributed by atoms with Gasteiger partial charge in [-0.3, -0.25) is 0 Å². The van der Waals surface area contributed by atoms with Gasteiger partial charge in [-0.1, -0.05) is 0 Å². The molecular formula is C9H18F3NO2. The summed E-state index contributed by atoms with van der Waals surface area (Å²) < 4.78 is 45.9. The molecule has 6 heteroatoms. The summed E-state index contributed by atoms with van der Waals surface area (Å²) in [4.78, 5) is 0. The van der Waals surface area contributed by atoms with Gasteiger partial charge in [-0.15, -0.1) is 0 Å². The second-order valence-electron chi connectivity index (χ2n) is 3.10. The summed E-state index contributed by atoms with van der Waals surface area (Å²) in [6, 6.07) is -0.744. The molecule has 92 valence electrons. The molecular weight excluding hydrogens is 211 g/mol. The zero-order valence-electron chi connectivity index (χ0n) is 9.01. The Morgan fingerprint density at radius 3 is 1.93 bits per heavy atom. The quantitative estimate of drug-likeness (QED) is 0.679. The van der Waals surface area contributed by atoms with Crippen molar-refractivity contribution in [3.8, 4) is 0 Å². The van der Waals surface area contributed by atoms with Gasteiger partial charge >= 0.3 is 6.18 Å². The standard InChI is InChI=1S/C9H18F3NO2/c1-3-14-8(15-4-2)7(13)5-6-9(10,11)12/h7-8H,3-6,13H2,1-2H3. The van der Waals surface area contributed by atoms with Crippen molar-refractivity contribution >= 4 is 0 Å². The van der Waals surface area contributed by atoms with Crippen LogP contribution >= 0.6 is 0 Å². The van der Waals surface area contributed by atoms with Gasteiger partial charge in [0.1, 0.15) is 0 Å². The van der Waals surface area contributed by atoms with Crippen LogP contribution in [0.5, 0.6) is 0 Å². The maximum absolute atomic E-state index is 11.9. The molecule has 0 spiro atoms. The van der Waals surface area contributed by atoms with Gasteiger partial charge in [-0.25, -0.2) is 0 Å². The summed E-state index contributed by atoms with van der Waals surface area (Å²) >= 11 is 0. The van der Waals surface area contributed by atoms with E-state index in [1.807, 2.05) is 0 Å². The molecule has 3 nitrogen and oxygen atoms in total. The van der Waals surface area contributed by atoms with E-state index in [1.54, 1.807) is 13.8 Å². The number of alkyl halides is 3. The van der Waals surface area contributed by atoms with E-state index < -0.39 is 24.9 Å². The Kier molecular flexibility index (Phi) is 6.87. The van der Waals surface area contributed by atoms with Crippen LogP contribution in [0.1, 0.15) is 26.7 Å². The zero-order valence-corrected chi connectivity index (χ0v) is 9.01. The number of halogens is 3. The molecule has 0 heterocycles. The van der Waals surface area contributed by atoms with E-state index in [2.05, 4.69) is 0 Å². The molecule has 0 fully saturated rings. The monoisotopic (exact) mass is 229 g/mol. The second-order valence-corrected chi connectivity index (χ2v) is 3.10. The van der Waals surface area contributed by atoms with E-state index in [0.29, 0.717) is 13.2 Å². The molecule has 1 atom stereocenters. The van der Waals surface area contributed by atoms with Crippen LogP contribution in [0, 0.1) is 0 Å². The zero-order chi connectivity index (χ0) is 11.9. The lowest BCUT2D eigenvalue weighted by Crippen LogP contribution is -2.39. The number of rotatable bonds is 7. The molecule has 0 bridgehead atoms. The topological polar surface area (TPSA) is 44.5 Å². The van der Waals surface area contributed by atoms with E-state index in [-0.39, 0.29) is 6.42 Å². The Morgan fingerprint density at radius 2 is 1.60 bits per heavy atom. The first-order chi connectivity index (χ1) is 6.90. The third kappa shape index (κ3) is 7.58. The number of nitrogens with two attached hydrogens (primary N) is 1. The average Bonchev–Trinajstić information content (AvgIpc) is 2.13. The van der Waals surface area contributed by atoms with Crippen LogP contribution in [0.2, 0.25) is 0 Å². The Hall–Kier alpha value is -0.330. The van der Waals surface area contributed by atoms with E-state index in [9.17, 15) is 13.2 Å². The highest BCUT2D eigenvalue weighted by Crippen LogP contribution is 2.23. The van der Waals surface area contributed by atoms with E-state index >= 15 is 0 Å². The average molecular weight is 229 g/mol. The van der Waals surface area contributed by atoms with Crippen LogP contribution in [0.15, 0.2) is 0 Å². The van der Waals surface area contributed by atoms with E-state index in [4.69, 9.17) is 15.2 Å². The van der Waals surface area contributed by atoms with Crippen molar-refractivity contribution in [3.05, 3.63) is 0 Å². The highest BCUT2D eigenvalue weighted by Gasteiger charge is 2.29. The van der Waals surface area contributed by atoms with Crippen LogP contribution in [0.25, 0.3) is 0 Å². The van der Waals surface area contributed by atoms with Crippen LogP contribution in [-0.4, -0.2) is 31.7 Å². The minimum Gasteiger partial charge on any atom is -0.351 e. The Labute approximate surface area is 87.7 Å².